The lowest BCUT2D eigenvalue weighted by Crippen LogP contribution is -2.51. The van der Waals surface area contributed by atoms with Crippen LogP contribution < -0.4 is 0 Å². The molecule has 0 aromatic rings. The maximum absolute atomic E-state index is 14.6. The van der Waals surface area contributed by atoms with Crippen molar-refractivity contribution >= 4 is 11.6 Å². The normalized spacial score (nSPS) is 49.0. The summed E-state index contributed by atoms with van der Waals surface area (Å²) in [6.07, 6.45) is 7.88. The smallest absolute Gasteiger partial charge is 0.213 e. The Hall–Kier alpha value is -1.25. The van der Waals surface area contributed by atoms with Gasteiger partial charge in [-0.15, -0.1) is 0 Å². The molecular formula is C20H25FO2. The predicted molar refractivity (Wildman–Crippen MR) is 86.2 cm³/mol. The van der Waals surface area contributed by atoms with Gasteiger partial charge < -0.3 is 0 Å². The van der Waals surface area contributed by atoms with Crippen LogP contribution in [0.3, 0.4) is 0 Å². The molecule has 4 aliphatic carbocycles. The van der Waals surface area contributed by atoms with Crippen molar-refractivity contribution in [3.63, 3.8) is 0 Å². The van der Waals surface area contributed by atoms with Crippen LogP contribution in [0.5, 0.6) is 0 Å². The van der Waals surface area contributed by atoms with Crippen LogP contribution in [-0.2, 0) is 9.59 Å². The van der Waals surface area contributed by atoms with Gasteiger partial charge in [-0.05, 0) is 61.0 Å². The number of hydrogen-bond acceptors (Lipinski definition) is 2. The highest BCUT2D eigenvalue weighted by Crippen LogP contribution is 2.65. The van der Waals surface area contributed by atoms with Gasteiger partial charge in [0.25, 0.3) is 0 Å². The molecule has 3 saturated carbocycles. The van der Waals surface area contributed by atoms with E-state index in [0.717, 1.165) is 31.3 Å². The molecule has 2 nitrogen and oxygen atoms in total. The fourth-order valence-electron chi connectivity index (χ4n) is 6.51. The molecule has 3 heteroatoms. The molecule has 1 unspecified atom stereocenters. The van der Waals surface area contributed by atoms with E-state index in [1.165, 1.54) is 6.08 Å². The topological polar surface area (TPSA) is 34.1 Å². The van der Waals surface area contributed by atoms with Crippen molar-refractivity contribution in [1.29, 1.82) is 0 Å². The number of Topliss-reactive ketones (excluding diaryl/α,β-unsaturated/α-hetero) is 1. The predicted octanol–water partition coefficient (Wildman–Crippen LogP) is 4.41. The molecule has 3 fully saturated rings. The van der Waals surface area contributed by atoms with E-state index >= 15 is 0 Å². The largest absolute Gasteiger partial charge is 0.299 e. The van der Waals surface area contributed by atoms with Crippen LogP contribution >= 0.6 is 0 Å². The zero-order valence-corrected chi connectivity index (χ0v) is 14.2. The van der Waals surface area contributed by atoms with Crippen molar-refractivity contribution in [2.75, 3.05) is 0 Å². The molecule has 0 N–H and O–H groups in total. The van der Waals surface area contributed by atoms with Gasteiger partial charge in [0.05, 0.1) is 0 Å². The Morgan fingerprint density at radius 2 is 1.91 bits per heavy atom. The third-order valence-corrected chi connectivity index (χ3v) is 7.65. The Labute approximate surface area is 137 Å². The second-order valence-electron chi connectivity index (χ2n) is 8.64. The zero-order valence-electron chi connectivity index (χ0n) is 14.2. The number of halogens is 1. The van der Waals surface area contributed by atoms with Crippen LogP contribution in [0.2, 0.25) is 0 Å². The SMILES string of the molecule is CC1C[C@@H]2[C@H](CC[C@]3(C)C(=O)CC[C@@H]23)[C@@]2(C)C=CC(=O)C(F)=C12. The molecule has 23 heavy (non-hydrogen) atoms. The van der Waals surface area contributed by atoms with Gasteiger partial charge in [-0.3, -0.25) is 9.59 Å². The second-order valence-corrected chi connectivity index (χ2v) is 8.64. The van der Waals surface area contributed by atoms with E-state index in [9.17, 15) is 14.0 Å². The molecule has 0 bridgehead atoms. The molecule has 0 heterocycles. The van der Waals surface area contributed by atoms with Crippen molar-refractivity contribution in [2.45, 2.75) is 52.9 Å². The molecule has 4 aliphatic rings. The number of allylic oxidation sites excluding steroid dienone is 4. The average molecular weight is 316 g/mol. The Kier molecular flexibility index (Phi) is 3.09. The molecule has 0 amide bonds. The van der Waals surface area contributed by atoms with E-state index in [4.69, 9.17) is 0 Å². The first kappa shape index (κ1) is 15.3. The molecule has 0 radical (unpaired) electrons. The summed E-state index contributed by atoms with van der Waals surface area (Å²) in [5, 5.41) is 0. The van der Waals surface area contributed by atoms with E-state index in [-0.39, 0.29) is 16.7 Å². The van der Waals surface area contributed by atoms with Gasteiger partial charge >= 0.3 is 0 Å². The Balaban J connectivity index is 1.79. The van der Waals surface area contributed by atoms with Crippen LogP contribution in [0.25, 0.3) is 0 Å². The van der Waals surface area contributed by atoms with Gasteiger partial charge in [0.2, 0.25) is 5.78 Å². The minimum absolute atomic E-state index is 0.0770. The number of ketones is 2. The number of carbonyl (C=O) groups excluding carboxylic acids is 2. The summed E-state index contributed by atoms with van der Waals surface area (Å²) < 4.78 is 14.6. The van der Waals surface area contributed by atoms with Gasteiger partial charge in [0.1, 0.15) is 5.78 Å². The van der Waals surface area contributed by atoms with Crippen LogP contribution in [0, 0.1) is 34.5 Å². The quantitative estimate of drug-likeness (QED) is 0.663. The summed E-state index contributed by atoms with van der Waals surface area (Å²) in [5.74, 6) is 0.774. The molecule has 124 valence electrons. The fourth-order valence-corrected chi connectivity index (χ4v) is 6.51. The first-order valence-electron chi connectivity index (χ1n) is 8.96. The standard InChI is InChI=1S/C20H25FO2/c1-11-10-12-13-4-5-16(23)19(13,2)8-6-14(12)20(3)9-7-15(22)18(21)17(11)20/h7,9,11-14H,4-6,8,10H2,1-3H3/t11?,12-,13-,14-,19-,20+/m0/s1. The van der Waals surface area contributed by atoms with Crippen LogP contribution in [0.1, 0.15) is 52.9 Å². The second kappa shape index (κ2) is 4.64. The van der Waals surface area contributed by atoms with Gasteiger partial charge in [-0.2, -0.15) is 0 Å². The summed E-state index contributed by atoms with van der Waals surface area (Å²) in [6, 6.07) is 0. The Bertz CT molecular complexity index is 661. The van der Waals surface area contributed by atoms with Crippen LogP contribution in [-0.4, -0.2) is 11.6 Å². The highest BCUT2D eigenvalue weighted by Gasteiger charge is 2.60. The summed E-state index contributed by atoms with van der Waals surface area (Å²) in [4.78, 5) is 24.2. The first-order chi connectivity index (χ1) is 10.8. The summed E-state index contributed by atoms with van der Waals surface area (Å²) >= 11 is 0. The lowest BCUT2D eigenvalue weighted by molar-refractivity contribution is -0.132. The number of rotatable bonds is 0. The van der Waals surface area contributed by atoms with Gasteiger partial charge in [-0.25, -0.2) is 4.39 Å². The highest BCUT2D eigenvalue weighted by atomic mass is 19.1. The van der Waals surface area contributed by atoms with Gasteiger partial charge in [0, 0.05) is 17.3 Å². The van der Waals surface area contributed by atoms with Gasteiger partial charge in [-0.1, -0.05) is 26.8 Å². The number of carbonyl (C=O) groups is 2. The zero-order chi connectivity index (χ0) is 16.6. The molecule has 0 spiro atoms. The molecule has 0 saturated heterocycles. The molecule has 0 aromatic carbocycles. The number of fused-ring (bicyclic) bond motifs is 5. The maximum Gasteiger partial charge on any atom is 0.213 e. The monoisotopic (exact) mass is 316 g/mol. The average Bonchev–Trinajstić information content (AvgIpc) is 2.79. The fraction of sp³-hybridized carbons (Fsp3) is 0.700. The molecule has 0 aliphatic heterocycles. The number of hydrogen-bond donors (Lipinski definition) is 0. The van der Waals surface area contributed by atoms with Crippen molar-refractivity contribution in [1.82, 2.24) is 0 Å². The van der Waals surface area contributed by atoms with Crippen molar-refractivity contribution in [3.05, 3.63) is 23.6 Å². The molecule has 6 atom stereocenters. The van der Waals surface area contributed by atoms with E-state index in [0.29, 0.717) is 30.0 Å². The van der Waals surface area contributed by atoms with E-state index in [2.05, 4.69) is 20.8 Å². The van der Waals surface area contributed by atoms with Crippen molar-refractivity contribution in [2.24, 2.45) is 34.5 Å². The van der Waals surface area contributed by atoms with Crippen molar-refractivity contribution < 1.29 is 14.0 Å². The Morgan fingerprint density at radius 3 is 2.65 bits per heavy atom. The Morgan fingerprint density at radius 1 is 1.17 bits per heavy atom. The lowest BCUT2D eigenvalue weighted by atomic mass is 9.46. The van der Waals surface area contributed by atoms with E-state index in [1.807, 2.05) is 6.08 Å². The minimum Gasteiger partial charge on any atom is -0.299 e. The summed E-state index contributed by atoms with van der Waals surface area (Å²) in [5.41, 5.74) is 0.206. The third kappa shape index (κ3) is 1.79. The molecule has 0 aromatic heterocycles. The molecule has 4 rings (SSSR count). The minimum atomic E-state index is -0.517. The van der Waals surface area contributed by atoms with E-state index in [1.54, 1.807) is 0 Å². The van der Waals surface area contributed by atoms with Crippen LogP contribution in [0.15, 0.2) is 23.6 Å². The first-order valence-corrected chi connectivity index (χ1v) is 8.96. The van der Waals surface area contributed by atoms with Crippen LogP contribution in [0.4, 0.5) is 4.39 Å². The molecular weight excluding hydrogens is 291 g/mol. The lowest BCUT2D eigenvalue weighted by Gasteiger charge is -2.57. The third-order valence-electron chi connectivity index (χ3n) is 7.65. The van der Waals surface area contributed by atoms with E-state index < -0.39 is 11.6 Å². The van der Waals surface area contributed by atoms with Gasteiger partial charge in [0.15, 0.2) is 5.83 Å². The summed E-state index contributed by atoms with van der Waals surface area (Å²) in [7, 11) is 0. The van der Waals surface area contributed by atoms with Crippen molar-refractivity contribution in [3.8, 4) is 0 Å². The summed E-state index contributed by atoms with van der Waals surface area (Å²) in [6.45, 7) is 6.32. The maximum atomic E-state index is 14.6. The highest BCUT2D eigenvalue weighted by molar-refractivity contribution is 6.04.